The van der Waals surface area contributed by atoms with E-state index in [0.717, 1.165) is 25.0 Å². The number of rotatable bonds is 6. The highest BCUT2D eigenvalue weighted by Gasteiger charge is 2.37. The van der Waals surface area contributed by atoms with Crippen LogP contribution >= 0.6 is 0 Å². The summed E-state index contributed by atoms with van der Waals surface area (Å²) in [5.74, 6) is -0.244. The summed E-state index contributed by atoms with van der Waals surface area (Å²) in [7, 11) is 0. The molecule has 1 heterocycles. The van der Waals surface area contributed by atoms with E-state index in [0.29, 0.717) is 13.2 Å². The molecule has 4 heteroatoms. The molecule has 1 saturated heterocycles. The molecule has 1 aliphatic rings. The minimum Gasteiger partial charge on any atom is -0.464 e. The van der Waals surface area contributed by atoms with E-state index < -0.39 is 5.54 Å². The Morgan fingerprint density at radius 2 is 2.14 bits per heavy atom. The average molecular weight is 291 g/mol. The Kier molecular flexibility index (Phi) is 5.37. The SMILES string of the molecule is CCOC(=O)C(C)(NCC1CCCO1)c1ccc(C)cc1. The monoisotopic (exact) mass is 291 g/mol. The number of carbonyl (C=O) groups excluding carboxylic acids is 1. The third-order valence-corrected chi connectivity index (χ3v) is 4.02. The molecular formula is C17H25NO3. The van der Waals surface area contributed by atoms with Gasteiger partial charge in [-0.25, -0.2) is 4.79 Å². The van der Waals surface area contributed by atoms with Crippen LogP contribution in [0, 0.1) is 6.92 Å². The fourth-order valence-electron chi connectivity index (χ4n) is 2.58. The van der Waals surface area contributed by atoms with Crippen LogP contribution in [0.4, 0.5) is 0 Å². The highest BCUT2D eigenvalue weighted by molar-refractivity contribution is 5.82. The lowest BCUT2D eigenvalue weighted by Gasteiger charge is -2.30. The summed E-state index contributed by atoms with van der Waals surface area (Å²) in [5, 5.41) is 3.36. The number of ether oxygens (including phenoxy) is 2. The molecule has 0 radical (unpaired) electrons. The number of aryl methyl sites for hydroxylation is 1. The first-order chi connectivity index (χ1) is 10.1. The van der Waals surface area contributed by atoms with Crippen LogP contribution < -0.4 is 5.32 Å². The third-order valence-electron chi connectivity index (χ3n) is 4.02. The van der Waals surface area contributed by atoms with Crippen molar-refractivity contribution < 1.29 is 14.3 Å². The molecule has 2 atom stereocenters. The Morgan fingerprint density at radius 1 is 1.43 bits per heavy atom. The molecule has 0 aliphatic carbocycles. The zero-order valence-electron chi connectivity index (χ0n) is 13.1. The standard InChI is InChI=1S/C17H25NO3/c1-4-20-16(19)17(3,14-9-7-13(2)8-10-14)18-12-15-6-5-11-21-15/h7-10,15,18H,4-6,11-12H2,1-3H3. The summed E-state index contributed by atoms with van der Waals surface area (Å²) in [6.07, 6.45) is 2.32. The molecule has 1 N–H and O–H groups in total. The van der Waals surface area contributed by atoms with Crippen molar-refractivity contribution in [3.05, 3.63) is 35.4 Å². The van der Waals surface area contributed by atoms with E-state index >= 15 is 0 Å². The largest absolute Gasteiger partial charge is 0.464 e. The fourth-order valence-corrected chi connectivity index (χ4v) is 2.58. The third kappa shape index (κ3) is 3.83. The summed E-state index contributed by atoms with van der Waals surface area (Å²) in [6.45, 7) is 7.58. The van der Waals surface area contributed by atoms with Crippen LogP contribution in [0.1, 0.15) is 37.8 Å². The van der Waals surface area contributed by atoms with Crippen molar-refractivity contribution >= 4 is 5.97 Å². The lowest BCUT2D eigenvalue weighted by atomic mass is 9.91. The number of nitrogens with one attached hydrogen (secondary N) is 1. The molecule has 0 aromatic heterocycles. The maximum Gasteiger partial charge on any atom is 0.330 e. The lowest BCUT2D eigenvalue weighted by Crippen LogP contribution is -2.50. The van der Waals surface area contributed by atoms with E-state index in [1.54, 1.807) is 0 Å². The van der Waals surface area contributed by atoms with E-state index in [4.69, 9.17) is 9.47 Å². The summed E-state index contributed by atoms with van der Waals surface area (Å²) < 4.78 is 10.9. The van der Waals surface area contributed by atoms with Gasteiger partial charge in [0.1, 0.15) is 5.54 Å². The summed E-state index contributed by atoms with van der Waals surface area (Å²) in [6, 6.07) is 7.99. The Hall–Kier alpha value is -1.39. The Balaban J connectivity index is 2.16. The molecule has 2 unspecified atom stereocenters. The summed E-state index contributed by atoms with van der Waals surface area (Å²) in [4.78, 5) is 12.4. The summed E-state index contributed by atoms with van der Waals surface area (Å²) >= 11 is 0. The van der Waals surface area contributed by atoms with Crippen molar-refractivity contribution in [2.24, 2.45) is 0 Å². The van der Waals surface area contributed by atoms with Crippen molar-refractivity contribution in [3.63, 3.8) is 0 Å². The number of hydrogen-bond donors (Lipinski definition) is 1. The normalized spacial score (nSPS) is 21.0. The molecule has 116 valence electrons. The van der Waals surface area contributed by atoms with Gasteiger partial charge in [-0.2, -0.15) is 0 Å². The van der Waals surface area contributed by atoms with Crippen molar-refractivity contribution in [3.8, 4) is 0 Å². The second-order valence-electron chi connectivity index (χ2n) is 5.73. The molecule has 0 saturated carbocycles. The first kappa shape index (κ1) is 16.0. The molecule has 1 fully saturated rings. The van der Waals surface area contributed by atoms with Gasteiger partial charge in [-0.3, -0.25) is 5.32 Å². The second-order valence-corrected chi connectivity index (χ2v) is 5.73. The van der Waals surface area contributed by atoms with Gasteiger partial charge in [0.05, 0.1) is 12.7 Å². The van der Waals surface area contributed by atoms with Crippen LogP contribution in [0.5, 0.6) is 0 Å². The van der Waals surface area contributed by atoms with Crippen molar-refractivity contribution in [2.45, 2.75) is 45.3 Å². The molecule has 0 amide bonds. The van der Waals surface area contributed by atoms with Crippen LogP contribution in [0.15, 0.2) is 24.3 Å². The Bertz CT molecular complexity index is 465. The van der Waals surface area contributed by atoms with E-state index in [2.05, 4.69) is 5.32 Å². The topological polar surface area (TPSA) is 47.6 Å². The Labute approximate surface area is 126 Å². The molecule has 0 spiro atoms. The van der Waals surface area contributed by atoms with Crippen molar-refractivity contribution in [1.29, 1.82) is 0 Å². The predicted octanol–water partition coefficient (Wildman–Crippen LogP) is 2.54. The van der Waals surface area contributed by atoms with Gasteiger partial charge in [-0.1, -0.05) is 29.8 Å². The molecule has 2 rings (SSSR count). The molecule has 1 aromatic rings. The number of carbonyl (C=O) groups is 1. The molecule has 21 heavy (non-hydrogen) atoms. The lowest BCUT2D eigenvalue weighted by molar-refractivity contribution is -0.151. The molecular weight excluding hydrogens is 266 g/mol. The van der Waals surface area contributed by atoms with E-state index in [1.807, 2.05) is 45.0 Å². The van der Waals surface area contributed by atoms with Crippen LogP contribution in [0.2, 0.25) is 0 Å². The van der Waals surface area contributed by atoms with Crippen LogP contribution in [0.3, 0.4) is 0 Å². The smallest absolute Gasteiger partial charge is 0.330 e. The minimum absolute atomic E-state index is 0.184. The van der Waals surface area contributed by atoms with Crippen molar-refractivity contribution in [2.75, 3.05) is 19.8 Å². The first-order valence-corrected chi connectivity index (χ1v) is 7.67. The van der Waals surface area contributed by atoms with Gasteiger partial charge >= 0.3 is 5.97 Å². The van der Waals surface area contributed by atoms with Gasteiger partial charge in [0.15, 0.2) is 0 Å². The average Bonchev–Trinajstić information content (AvgIpc) is 2.99. The van der Waals surface area contributed by atoms with E-state index in [9.17, 15) is 4.79 Å². The summed E-state index contributed by atoms with van der Waals surface area (Å²) in [5.41, 5.74) is 1.25. The molecule has 4 nitrogen and oxygen atoms in total. The van der Waals surface area contributed by atoms with Gasteiger partial charge < -0.3 is 9.47 Å². The van der Waals surface area contributed by atoms with E-state index in [1.165, 1.54) is 5.56 Å². The maximum atomic E-state index is 12.4. The van der Waals surface area contributed by atoms with Crippen molar-refractivity contribution in [1.82, 2.24) is 5.32 Å². The quantitative estimate of drug-likeness (QED) is 0.818. The number of benzene rings is 1. The first-order valence-electron chi connectivity index (χ1n) is 7.67. The van der Waals surface area contributed by atoms with E-state index in [-0.39, 0.29) is 12.1 Å². The molecule has 1 aromatic carbocycles. The van der Waals surface area contributed by atoms with Gasteiger partial charge in [0.25, 0.3) is 0 Å². The zero-order valence-corrected chi connectivity index (χ0v) is 13.1. The Morgan fingerprint density at radius 3 is 2.71 bits per heavy atom. The van der Waals surface area contributed by atoms with Gasteiger partial charge in [-0.15, -0.1) is 0 Å². The molecule has 0 bridgehead atoms. The minimum atomic E-state index is -0.838. The zero-order chi connectivity index (χ0) is 15.3. The fraction of sp³-hybridized carbons (Fsp3) is 0.588. The highest BCUT2D eigenvalue weighted by atomic mass is 16.5. The predicted molar refractivity (Wildman–Crippen MR) is 82.1 cm³/mol. The van der Waals surface area contributed by atoms with Crippen LogP contribution in [-0.2, 0) is 19.8 Å². The van der Waals surface area contributed by atoms with Gasteiger partial charge in [0, 0.05) is 13.2 Å². The molecule has 1 aliphatic heterocycles. The van der Waals surface area contributed by atoms with Gasteiger partial charge in [0.2, 0.25) is 0 Å². The second kappa shape index (κ2) is 7.05. The highest BCUT2D eigenvalue weighted by Crippen LogP contribution is 2.24. The number of hydrogen-bond acceptors (Lipinski definition) is 4. The number of esters is 1. The maximum absolute atomic E-state index is 12.4. The van der Waals surface area contributed by atoms with Gasteiger partial charge in [-0.05, 0) is 39.2 Å². The van der Waals surface area contributed by atoms with Crippen LogP contribution in [0.25, 0.3) is 0 Å². The van der Waals surface area contributed by atoms with Crippen LogP contribution in [-0.4, -0.2) is 31.8 Å².